The zero-order valence-corrected chi connectivity index (χ0v) is 9.84. The summed E-state index contributed by atoms with van der Waals surface area (Å²) < 4.78 is 0. The molecule has 0 aliphatic carbocycles. The lowest BCUT2D eigenvalue weighted by molar-refractivity contribution is 0.227. The van der Waals surface area contributed by atoms with Gasteiger partial charge in [-0.2, -0.15) is 0 Å². The van der Waals surface area contributed by atoms with Crippen LogP contribution in [0.15, 0.2) is 29.4 Å². The summed E-state index contributed by atoms with van der Waals surface area (Å²) in [6, 6.07) is 7.11. The lowest BCUT2D eigenvalue weighted by Crippen LogP contribution is -2.38. The van der Waals surface area contributed by atoms with Crippen LogP contribution in [0.1, 0.15) is 5.56 Å². The maximum atomic E-state index is 11.7. The number of likely N-dealkylation sites (N-methyl/N-ethyl adjacent to an activating group) is 1. The van der Waals surface area contributed by atoms with Gasteiger partial charge in [0.2, 0.25) is 0 Å². The molecule has 0 heterocycles. The van der Waals surface area contributed by atoms with Gasteiger partial charge in [0.15, 0.2) is 5.84 Å². The van der Waals surface area contributed by atoms with Crippen LogP contribution in [-0.4, -0.2) is 35.6 Å². The Bertz CT molecular complexity index is 414. The van der Waals surface area contributed by atoms with Crippen molar-refractivity contribution in [2.45, 2.75) is 6.92 Å². The van der Waals surface area contributed by atoms with Crippen LogP contribution in [0.3, 0.4) is 0 Å². The number of oxime groups is 1. The average molecular weight is 236 g/mol. The molecule has 0 radical (unpaired) electrons. The van der Waals surface area contributed by atoms with Crippen LogP contribution in [0, 0.1) is 6.92 Å². The van der Waals surface area contributed by atoms with E-state index in [2.05, 4.69) is 10.5 Å². The number of aryl methyl sites for hydroxylation is 1. The summed E-state index contributed by atoms with van der Waals surface area (Å²) in [5, 5.41) is 13.9. The number of nitrogens with two attached hydrogens (primary N) is 1. The number of nitrogens with zero attached hydrogens (tertiary/aromatic N) is 2. The number of rotatable bonds is 3. The smallest absolute Gasteiger partial charge is 0.321 e. The molecule has 0 atom stereocenters. The molecule has 0 aliphatic rings. The molecule has 0 bridgehead atoms. The number of carbonyl (C=O) groups excluding carboxylic acids is 1. The number of benzene rings is 1. The molecule has 17 heavy (non-hydrogen) atoms. The fourth-order valence-corrected chi connectivity index (χ4v) is 1.20. The number of amidine groups is 1. The Hall–Kier alpha value is -2.24. The second-order valence-electron chi connectivity index (χ2n) is 3.74. The van der Waals surface area contributed by atoms with Crippen molar-refractivity contribution in [3.05, 3.63) is 29.8 Å². The van der Waals surface area contributed by atoms with Gasteiger partial charge in [0.05, 0.1) is 6.54 Å². The van der Waals surface area contributed by atoms with E-state index in [1.54, 1.807) is 7.05 Å². The predicted octanol–water partition coefficient (Wildman–Crippen LogP) is 1.21. The van der Waals surface area contributed by atoms with E-state index in [0.717, 1.165) is 5.56 Å². The van der Waals surface area contributed by atoms with Crippen LogP contribution >= 0.6 is 0 Å². The van der Waals surface area contributed by atoms with Gasteiger partial charge >= 0.3 is 6.03 Å². The van der Waals surface area contributed by atoms with E-state index in [4.69, 9.17) is 10.9 Å². The Balaban J connectivity index is 2.57. The zero-order valence-electron chi connectivity index (χ0n) is 9.84. The minimum atomic E-state index is -0.319. The van der Waals surface area contributed by atoms with Crippen molar-refractivity contribution >= 4 is 17.6 Å². The fourth-order valence-electron chi connectivity index (χ4n) is 1.20. The highest BCUT2D eigenvalue weighted by Gasteiger charge is 2.10. The van der Waals surface area contributed by atoms with Crippen molar-refractivity contribution in [2.75, 3.05) is 18.9 Å². The summed E-state index contributed by atoms with van der Waals surface area (Å²) in [5.41, 5.74) is 7.12. The van der Waals surface area contributed by atoms with Crippen molar-refractivity contribution in [3.8, 4) is 0 Å². The first-order valence-corrected chi connectivity index (χ1v) is 5.08. The number of urea groups is 1. The number of amides is 2. The maximum Gasteiger partial charge on any atom is 0.321 e. The van der Waals surface area contributed by atoms with Gasteiger partial charge in [0.25, 0.3) is 0 Å². The van der Waals surface area contributed by atoms with Gasteiger partial charge < -0.3 is 21.2 Å². The Morgan fingerprint density at radius 1 is 1.47 bits per heavy atom. The molecule has 92 valence electrons. The molecule has 1 aromatic carbocycles. The highest BCUT2D eigenvalue weighted by molar-refractivity contribution is 5.92. The Labute approximate surface area is 99.7 Å². The zero-order chi connectivity index (χ0) is 12.8. The van der Waals surface area contributed by atoms with Gasteiger partial charge in [-0.05, 0) is 19.1 Å². The highest BCUT2D eigenvalue weighted by Crippen LogP contribution is 2.08. The lowest BCUT2D eigenvalue weighted by Gasteiger charge is -2.17. The Morgan fingerprint density at radius 2 is 2.06 bits per heavy atom. The van der Waals surface area contributed by atoms with Crippen molar-refractivity contribution < 1.29 is 10.0 Å². The number of anilines is 1. The average Bonchev–Trinajstić information content (AvgIpc) is 2.31. The van der Waals surface area contributed by atoms with Crippen molar-refractivity contribution in [2.24, 2.45) is 10.9 Å². The third kappa shape index (κ3) is 4.02. The van der Waals surface area contributed by atoms with Crippen LogP contribution in [0.2, 0.25) is 0 Å². The van der Waals surface area contributed by atoms with Crippen LogP contribution in [0.5, 0.6) is 0 Å². The topological polar surface area (TPSA) is 91.0 Å². The quantitative estimate of drug-likeness (QED) is 0.319. The van der Waals surface area contributed by atoms with Gasteiger partial charge in [-0.15, -0.1) is 0 Å². The van der Waals surface area contributed by atoms with Gasteiger partial charge in [0.1, 0.15) is 0 Å². The third-order valence-corrected chi connectivity index (χ3v) is 2.18. The van der Waals surface area contributed by atoms with Crippen LogP contribution < -0.4 is 11.1 Å². The molecule has 4 N–H and O–H groups in total. The van der Waals surface area contributed by atoms with Gasteiger partial charge in [0, 0.05) is 12.7 Å². The van der Waals surface area contributed by atoms with E-state index < -0.39 is 0 Å². The lowest BCUT2D eigenvalue weighted by atomic mass is 10.2. The molecule has 0 aromatic heterocycles. The molecular weight excluding hydrogens is 220 g/mol. The van der Waals surface area contributed by atoms with Gasteiger partial charge in [-0.3, -0.25) is 0 Å². The minimum Gasteiger partial charge on any atom is -0.409 e. The normalized spacial score (nSPS) is 11.1. The van der Waals surface area contributed by atoms with E-state index in [9.17, 15) is 4.79 Å². The van der Waals surface area contributed by atoms with Crippen LogP contribution in [0.25, 0.3) is 0 Å². The molecule has 0 spiro atoms. The summed E-state index contributed by atoms with van der Waals surface area (Å²) in [4.78, 5) is 13.0. The Morgan fingerprint density at radius 3 is 2.59 bits per heavy atom. The second kappa shape index (κ2) is 5.74. The summed E-state index contributed by atoms with van der Waals surface area (Å²) >= 11 is 0. The molecule has 0 fully saturated rings. The van der Waals surface area contributed by atoms with Crippen molar-refractivity contribution in [3.63, 3.8) is 0 Å². The van der Waals surface area contributed by atoms with Gasteiger partial charge in [-0.25, -0.2) is 4.79 Å². The first kappa shape index (κ1) is 12.8. The van der Waals surface area contributed by atoms with E-state index in [1.165, 1.54) is 4.90 Å². The minimum absolute atomic E-state index is 0.0217. The Kier molecular flexibility index (Phi) is 4.33. The third-order valence-electron chi connectivity index (χ3n) is 2.18. The fraction of sp³-hybridized carbons (Fsp3) is 0.273. The molecule has 6 heteroatoms. The van der Waals surface area contributed by atoms with Crippen molar-refractivity contribution in [1.82, 2.24) is 4.90 Å². The van der Waals surface area contributed by atoms with Crippen molar-refractivity contribution in [1.29, 1.82) is 0 Å². The predicted molar refractivity (Wildman–Crippen MR) is 66.2 cm³/mol. The van der Waals surface area contributed by atoms with E-state index >= 15 is 0 Å². The summed E-state index contributed by atoms with van der Waals surface area (Å²) in [6.45, 7) is 2.03. The molecule has 1 rings (SSSR count). The molecule has 0 saturated heterocycles. The first-order chi connectivity index (χ1) is 8.02. The molecule has 0 saturated carbocycles. The molecule has 0 unspecified atom stereocenters. The summed E-state index contributed by atoms with van der Waals surface area (Å²) in [5.74, 6) is -0.0217. The highest BCUT2D eigenvalue weighted by atomic mass is 16.4. The van der Waals surface area contributed by atoms with Crippen LogP contribution in [-0.2, 0) is 0 Å². The molecule has 1 aromatic rings. The SMILES string of the molecule is Cc1ccc(NC(=O)N(C)CC(N)=NO)cc1. The summed E-state index contributed by atoms with van der Waals surface area (Å²) in [7, 11) is 1.56. The second-order valence-corrected chi connectivity index (χ2v) is 3.74. The van der Waals surface area contributed by atoms with E-state index in [0.29, 0.717) is 5.69 Å². The molecule has 0 aliphatic heterocycles. The monoisotopic (exact) mass is 236 g/mol. The molecular formula is C11H16N4O2. The molecule has 2 amide bonds. The van der Waals surface area contributed by atoms with Crippen LogP contribution in [0.4, 0.5) is 10.5 Å². The molecule has 6 nitrogen and oxygen atoms in total. The maximum absolute atomic E-state index is 11.7. The first-order valence-electron chi connectivity index (χ1n) is 5.08. The number of hydrogen-bond donors (Lipinski definition) is 3. The standard InChI is InChI=1S/C11H16N4O2/c1-8-3-5-9(6-4-8)13-11(16)15(2)7-10(12)14-17/h3-6,17H,7H2,1-2H3,(H2,12,14)(H,13,16). The summed E-state index contributed by atoms with van der Waals surface area (Å²) in [6.07, 6.45) is 0. The van der Waals surface area contributed by atoms with E-state index in [1.807, 2.05) is 31.2 Å². The van der Waals surface area contributed by atoms with Gasteiger partial charge in [-0.1, -0.05) is 22.9 Å². The van der Waals surface area contributed by atoms with E-state index in [-0.39, 0.29) is 18.4 Å². The number of nitrogens with one attached hydrogen (secondary N) is 1. The number of carbonyl (C=O) groups is 1. The number of hydrogen-bond acceptors (Lipinski definition) is 3. The largest absolute Gasteiger partial charge is 0.409 e.